The van der Waals surface area contributed by atoms with Crippen molar-refractivity contribution in [3.8, 4) is 28.6 Å². The second kappa shape index (κ2) is 10.5. The molecule has 1 N–H and O–H groups in total. The van der Waals surface area contributed by atoms with Gasteiger partial charge in [0.25, 0.3) is 0 Å². The van der Waals surface area contributed by atoms with Crippen LogP contribution in [-0.4, -0.2) is 44.3 Å². The average molecular weight is 484 g/mol. The largest absolute Gasteiger partial charge is 0.335 e. The maximum Gasteiger partial charge on any atom is 0.335 e. The lowest BCUT2D eigenvalue weighted by Gasteiger charge is -2.09. The van der Waals surface area contributed by atoms with Gasteiger partial charge in [-0.2, -0.15) is 5.21 Å². The van der Waals surface area contributed by atoms with E-state index >= 15 is 0 Å². The third kappa shape index (κ3) is 4.61. The number of nitrogens with zero attached hydrogens (tertiary/aromatic N) is 8. The fourth-order valence-electron chi connectivity index (χ4n) is 4.37. The van der Waals surface area contributed by atoms with Gasteiger partial charge >= 0.3 is 5.69 Å². The third-order valence-corrected chi connectivity index (χ3v) is 6.18. The summed E-state index contributed by atoms with van der Waals surface area (Å²) in [6.45, 7) is 5.53. The van der Waals surface area contributed by atoms with Crippen molar-refractivity contribution >= 4 is 0 Å². The van der Waals surface area contributed by atoms with E-state index in [-0.39, 0.29) is 5.69 Å². The van der Waals surface area contributed by atoms with E-state index < -0.39 is 0 Å². The SMILES string of the molecule is CCCCc1cn(-c2nccn2CCC)c(=O)n1Cc1ccc(-c2ccccc2-c2nn[nH]n2)nc1. The zero-order valence-corrected chi connectivity index (χ0v) is 20.5. The van der Waals surface area contributed by atoms with Crippen LogP contribution in [0.3, 0.4) is 0 Å². The van der Waals surface area contributed by atoms with E-state index in [0.717, 1.165) is 60.3 Å². The van der Waals surface area contributed by atoms with Gasteiger partial charge in [0, 0.05) is 48.2 Å². The number of aromatic amines is 1. The Balaban J connectivity index is 1.46. The fourth-order valence-corrected chi connectivity index (χ4v) is 4.37. The predicted molar refractivity (Wildman–Crippen MR) is 137 cm³/mol. The topological polar surface area (TPSA) is 112 Å². The lowest BCUT2D eigenvalue weighted by atomic mass is 10.0. The smallest absolute Gasteiger partial charge is 0.317 e. The van der Waals surface area contributed by atoms with Gasteiger partial charge in [-0.05, 0) is 36.1 Å². The van der Waals surface area contributed by atoms with Crippen molar-refractivity contribution in [1.29, 1.82) is 0 Å². The molecule has 10 nitrogen and oxygen atoms in total. The quantitative estimate of drug-likeness (QED) is 0.323. The number of aromatic nitrogens is 9. The lowest BCUT2D eigenvalue weighted by molar-refractivity contribution is 0.637. The molecule has 0 aliphatic carbocycles. The highest BCUT2D eigenvalue weighted by atomic mass is 16.1. The van der Waals surface area contributed by atoms with Crippen LogP contribution in [0.15, 0.2) is 66.0 Å². The first kappa shape index (κ1) is 23.4. The van der Waals surface area contributed by atoms with Gasteiger partial charge in [0.15, 0.2) is 0 Å². The van der Waals surface area contributed by atoms with Crippen LogP contribution in [0.2, 0.25) is 0 Å². The summed E-state index contributed by atoms with van der Waals surface area (Å²) in [5.41, 5.74) is 4.43. The summed E-state index contributed by atoms with van der Waals surface area (Å²) in [5.74, 6) is 1.18. The molecule has 0 saturated heterocycles. The molecule has 0 unspecified atom stereocenters. The standard InChI is InChI=1S/C26H29N9O/c1-3-5-8-20-18-35(25-27-13-15-33(25)14-4-2)26(36)34(20)17-19-11-12-23(28-16-19)21-9-6-7-10-22(21)24-29-31-32-30-24/h6-7,9-13,15-16,18H,3-5,8,14,17H2,1-2H3,(H,29,30,31,32). The van der Waals surface area contributed by atoms with E-state index in [4.69, 9.17) is 4.98 Å². The maximum atomic E-state index is 13.5. The monoisotopic (exact) mass is 483 g/mol. The number of H-pyrrole nitrogens is 1. The van der Waals surface area contributed by atoms with Crippen LogP contribution in [-0.2, 0) is 19.5 Å². The molecule has 0 aliphatic rings. The Hall–Kier alpha value is -4.34. The minimum Gasteiger partial charge on any atom is -0.317 e. The van der Waals surface area contributed by atoms with E-state index in [1.807, 2.05) is 64.1 Å². The molecule has 0 saturated carbocycles. The number of aryl methyl sites for hydroxylation is 2. The summed E-state index contributed by atoms with van der Waals surface area (Å²) in [5, 5.41) is 14.4. The summed E-state index contributed by atoms with van der Waals surface area (Å²) in [4.78, 5) is 22.7. The Morgan fingerprint density at radius 3 is 2.58 bits per heavy atom. The minimum absolute atomic E-state index is 0.0869. The van der Waals surface area contributed by atoms with Crippen LogP contribution in [0.5, 0.6) is 0 Å². The van der Waals surface area contributed by atoms with Crippen molar-refractivity contribution in [3.05, 3.63) is 82.9 Å². The zero-order valence-electron chi connectivity index (χ0n) is 20.5. The Bertz CT molecular complexity index is 1480. The third-order valence-electron chi connectivity index (χ3n) is 6.18. The minimum atomic E-state index is -0.0869. The van der Waals surface area contributed by atoms with Crippen molar-refractivity contribution in [3.63, 3.8) is 0 Å². The van der Waals surface area contributed by atoms with Gasteiger partial charge in [0.05, 0.1) is 12.2 Å². The van der Waals surface area contributed by atoms with Gasteiger partial charge in [0.2, 0.25) is 11.8 Å². The molecule has 0 radical (unpaired) electrons. The molecule has 4 heterocycles. The van der Waals surface area contributed by atoms with Crippen molar-refractivity contribution in [2.45, 2.75) is 52.6 Å². The average Bonchev–Trinajstić information content (AvgIpc) is 3.66. The number of nitrogens with one attached hydrogen (secondary N) is 1. The van der Waals surface area contributed by atoms with Crippen molar-refractivity contribution in [1.82, 2.24) is 44.3 Å². The summed E-state index contributed by atoms with van der Waals surface area (Å²) in [7, 11) is 0. The first-order chi connectivity index (χ1) is 17.7. The number of pyridine rings is 1. The molecule has 1 aromatic carbocycles. The fraction of sp³-hybridized carbons (Fsp3) is 0.308. The number of hydrogen-bond acceptors (Lipinski definition) is 6. The molecule has 0 spiro atoms. The molecule has 0 aliphatic heterocycles. The Morgan fingerprint density at radius 1 is 1.00 bits per heavy atom. The molecular formula is C26H29N9O. The molecule has 36 heavy (non-hydrogen) atoms. The highest BCUT2D eigenvalue weighted by Crippen LogP contribution is 2.28. The first-order valence-electron chi connectivity index (χ1n) is 12.3. The normalized spacial score (nSPS) is 11.3. The molecule has 5 aromatic rings. The Labute approximate surface area is 208 Å². The Kier molecular flexibility index (Phi) is 6.83. The van der Waals surface area contributed by atoms with Crippen molar-refractivity contribution < 1.29 is 0 Å². The van der Waals surface area contributed by atoms with Crippen LogP contribution in [0.25, 0.3) is 28.6 Å². The zero-order chi connectivity index (χ0) is 24.9. The van der Waals surface area contributed by atoms with E-state index in [9.17, 15) is 4.79 Å². The number of unbranched alkanes of at least 4 members (excludes halogenated alkanes) is 1. The van der Waals surface area contributed by atoms with Crippen molar-refractivity contribution in [2.24, 2.45) is 0 Å². The number of hydrogen-bond donors (Lipinski definition) is 1. The highest BCUT2D eigenvalue weighted by Gasteiger charge is 2.17. The first-order valence-corrected chi connectivity index (χ1v) is 12.3. The van der Waals surface area contributed by atoms with Gasteiger partial charge in [-0.3, -0.25) is 9.55 Å². The number of rotatable bonds is 10. The number of imidazole rings is 2. The van der Waals surface area contributed by atoms with E-state index in [1.54, 1.807) is 10.8 Å². The Morgan fingerprint density at radius 2 is 1.86 bits per heavy atom. The molecule has 4 aromatic heterocycles. The molecule has 5 rings (SSSR count). The molecular weight excluding hydrogens is 454 g/mol. The molecule has 0 atom stereocenters. The predicted octanol–water partition coefficient (Wildman–Crippen LogP) is 3.88. The van der Waals surface area contributed by atoms with Gasteiger partial charge < -0.3 is 4.57 Å². The number of benzene rings is 1. The molecule has 0 bridgehead atoms. The summed E-state index contributed by atoms with van der Waals surface area (Å²) in [6.07, 6.45) is 11.3. The van der Waals surface area contributed by atoms with E-state index in [1.165, 1.54) is 0 Å². The second-order valence-corrected chi connectivity index (χ2v) is 8.72. The van der Waals surface area contributed by atoms with Crippen LogP contribution in [0.1, 0.15) is 44.4 Å². The lowest BCUT2D eigenvalue weighted by Crippen LogP contribution is -2.26. The highest BCUT2D eigenvalue weighted by molar-refractivity contribution is 5.78. The van der Waals surface area contributed by atoms with Crippen LogP contribution < -0.4 is 5.69 Å². The van der Waals surface area contributed by atoms with Crippen LogP contribution >= 0.6 is 0 Å². The number of tetrazole rings is 1. The summed E-state index contributed by atoms with van der Waals surface area (Å²) < 4.78 is 5.53. The van der Waals surface area contributed by atoms with E-state index in [0.29, 0.717) is 18.3 Å². The molecule has 0 amide bonds. The summed E-state index contributed by atoms with van der Waals surface area (Å²) in [6, 6.07) is 11.8. The van der Waals surface area contributed by atoms with Gasteiger partial charge in [0.1, 0.15) is 0 Å². The van der Waals surface area contributed by atoms with Gasteiger partial charge in [-0.1, -0.05) is 50.6 Å². The van der Waals surface area contributed by atoms with Gasteiger partial charge in [-0.25, -0.2) is 14.3 Å². The van der Waals surface area contributed by atoms with Crippen LogP contribution in [0.4, 0.5) is 0 Å². The second-order valence-electron chi connectivity index (χ2n) is 8.72. The van der Waals surface area contributed by atoms with Crippen LogP contribution in [0, 0.1) is 0 Å². The van der Waals surface area contributed by atoms with Crippen molar-refractivity contribution in [2.75, 3.05) is 0 Å². The molecule has 184 valence electrons. The molecule has 10 heteroatoms. The molecule has 0 fully saturated rings. The maximum absolute atomic E-state index is 13.5. The summed E-state index contributed by atoms with van der Waals surface area (Å²) >= 11 is 0. The van der Waals surface area contributed by atoms with E-state index in [2.05, 4.69) is 39.5 Å². The van der Waals surface area contributed by atoms with Gasteiger partial charge in [-0.15, -0.1) is 10.2 Å².